The van der Waals surface area contributed by atoms with Gasteiger partial charge in [-0.1, -0.05) is 29.8 Å². The Morgan fingerprint density at radius 2 is 1.87 bits per heavy atom. The summed E-state index contributed by atoms with van der Waals surface area (Å²) in [5.74, 6) is -0.443. The fraction of sp³-hybridized carbons (Fsp3) is 0.292. The molecule has 1 heterocycles. The quantitative estimate of drug-likeness (QED) is 0.462. The summed E-state index contributed by atoms with van der Waals surface area (Å²) in [4.78, 5) is 11.9. The molecule has 0 atom stereocenters. The molecule has 6 nitrogen and oxygen atoms in total. The maximum atomic E-state index is 13.7. The van der Waals surface area contributed by atoms with Crippen molar-refractivity contribution in [2.75, 3.05) is 6.61 Å². The second kappa shape index (κ2) is 7.98. The number of rotatable bonds is 6. The first-order valence-electron chi connectivity index (χ1n) is 10.4. The lowest BCUT2D eigenvalue weighted by Gasteiger charge is -2.38. The molecule has 1 aromatic heterocycles. The molecule has 4 rings (SSSR count). The van der Waals surface area contributed by atoms with E-state index < -0.39 is 21.5 Å². The van der Waals surface area contributed by atoms with Gasteiger partial charge in [0, 0.05) is 11.5 Å². The van der Waals surface area contributed by atoms with E-state index in [1.165, 1.54) is 10.0 Å². The normalized spacial score (nSPS) is 15.8. The van der Waals surface area contributed by atoms with Crippen LogP contribution in [0.4, 0.5) is 0 Å². The van der Waals surface area contributed by atoms with Crippen molar-refractivity contribution in [1.82, 2.24) is 3.97 Å². The number of nitrogens with two attached hydrogens (primary N) is 1. The van der Waals surface area contributed by atoms with Crippen LogP contribution in [0, 0.1) is 6.92 Å². The zero-order chi connectivity index (χ0) is 22.2. The molecule has 7 heteroatoms. The molecular formula is C24H26N2O4S. The number of aromatic nitrogens is 1. The number of carbonyl (C=O) groups excluding carboxylic acids is 1. The summed E-state index contributed by atoms with van der Waals surface area (Å²) in [5.41, 5.74) is 8.75. The highest BCUT2D eigenvalue weighted by Gasteiger charge is 2.40. The molecule has 1 fully saturated rings. The average molecular weight is 439 g/mol. The van der Waals surface area contributed by atoms with Gasteiger partial charge in [-0.25, -0.2) is 17.2 Å². The second-order valence-electron chi connectivity index (χ2n) is 8.03. The summed E-state index contributed by atoms with van der Waals surface area (Å²) in [6.07, 6.45) is 5.40. The van der Waals surface area contributed by atoms with Crippen LogP contribution in [0.15, 0.2) is 59.5 Å². The van der Waals surface area contributed by atoms with Crippen LogP contribution in [0.3, 0.4) is 0 Å². The molecule has 0 saturated heterocycles. The molecular weight excluding hydrogens is 412 g/mol. The van der Waals surface area contributed by atoms with E-state index in [2.05, 4.69) is 0 Å². The Balaban J connectivity index is 1.90. The minimum atomic E-state index is -3.86. The standard InChI is InChI=1S/C24H26N2O4S/c1-3-30-23(27)12-8-18-7-9-19-16-22(24(25)13-4-14-24)26(21(19)15-18)31(28,29)20-10-5-17(2)6-11-20/h5-12,15-16H,3-4,13-14,25H2,1-2H3. The van der Waals surface area contributed by atoms with Gasteiger partial charge in [0.1, 0.15) is 0 Å². The molecule has 1 aliphatic carbocycles. The topological polar surface area (TPSA) is 91.4 Å². The van der Waals surface area contributed by atoms with Crippen LogP contribution in [-0.2, 0) is 25.1 Å². The van der Waals surface area contributed by atoms with Crippen molar-refractivity contribution in [2.45, 2.75) is 43.5 Å². The summed E-state index contributed by atoms with van der Waals surface area (Å²) in [6.45, 7) is 3.95. The number of nitrogens with zero attached hydrogens (tertiary/aromatic N) is 1. The Morgan fingerprint density at radius 3 is 2.48 bits per heavy atom. The Hall–Kier alpha value is -2.90. The largest absolute Gasteiger partial charge is 0.463 e. The smallest absolute Gasteiger partial charge is 0.330 e. The molecule has 1 aliphatic rings. The zero-order valence-electron chi connectivity index (χ0n) is 17.7. The third kappa shape index (κ3) is 3.91. The number of hydrogen-bond donors (Lipinski definition) is 1. The van der Waals surface area contributed by atoms with Crippen LogP contribution in [0.1, 0.15) is 43.0 Å². The Bertz CT molecular complexity index is 1270. The predicted molar refractivity (Wildman–Crippen MR) is 121 cm³/mol. The highest BCUT2D eigenvalue weighted by molar-refractivity contribution is 7.90. The zero-order valence-corrected chi connectivity index (χ0v) is 18.5. The van der Waals surface area contributed by atoms with Crippen LogP contribution < -0.4 is 5.73 Å². The number of fused-ring (bicyclic) bond motifs is 1. The van der Waals surface area contributed by atoms with Crippen LogP contribution in [0.5, 0.6) is 0 Å². The van der Waals surface area contributed by atoms with E-state index in [-0.39, 0.29) is 4.90 Å². The van der Waals surface area contributed by atoms with Gasteiger partial charge in [-0.15, -0.1) is 0 Å². The number of aryl methyl sites for hydroxylation is 1. The van der Waals surface area contributed by atoms with Gasteiger partial charge in [0.2, 0.25) is 0 Å². The van der Waals surface area contributed by atoms with E-state index in [1.807, 2.05) is 25.1 Å². The Morgan fingerprint density at radius 1 is 1.16 bits per heavy atom. The highest BCUT2D eigenvalue weighted by Crippen LogP contribution is 2.42. The van der Waals surface area contributed by atoms with Gasteiger partial charge < -0.3 is 10.5 Å². The van der Waals surface area contributed by atoms with Gasteiger partial charge in [0.05, 0.1) is 28.3 Å². The van der Waals surface area contributed by atoms with Gasteiger partial charge in [-0.2, -0.15) is 0 Å². The van der Waals surface area contributed by atoms with Crippen molar-refractivity contribution in [2.24, 2.45) is 5.73 Å². The third-order valence-corrected chi connectivity index (χ3v) is 7.54. The number of esters is 1. The summed E-state index contributed by atoms with van der Waals surface area (Å²) in [7, 11) is -3.86. The first-order chi connectivity index (χ1) is 14.7. The third-order valence-electron chi connectivity index (χ3n) is 5.80. The van der Waals surface area contributed by atoms with Crippen molar-refractivity contribution in [1.29, 1.82) is 0 Å². The van der Waals surface area contributed by atoms with E-state index in [4.69, 9.17) is 10.5 Å². The number of benzene rings is 2. The molecule has 0 spiro atoms. The minimum absolute atomic E-state index is 0.215. The molecule has 0 aliphatic heterocycles. The molecule has 0 amide bonds. The predicted octanol–water partition coefficient (Wildman–Crippen LogP) is 4.10. The van der Waals surface area contributed by atoms with Gasteiger partial charge >= 0.3 is 5.97 Å². The molecule has 31 heavy (non-hydrogen) atoms. The lowest BCUT2D eigenvalue weighted by Crippen LogP contribution is -2.45. The summed E-state index contributed by atoms with van der Waals surface area (Å²) >= 11 is 0. The molecule has 2 aromatic carbocycles. The van der Waals surface area contributed by atoms with E-state index in [9.17, 15) is 13.2 Å². The summed E-state index contributed by atoms with van der Waals surface area (Å²) in [6, 6.07) is 14.1. The van der Waals surface area contributed by atoms with Crippen molar-refractivity contribution in [3.8, 4) is 0 Å². The van der Waals surface area contributed by atoms with Gasteiger partial charge in [-0.05, 0) is 69.0 Å². The fourth-order valence-electron chi connectivity index (χ4n) is 3.89. The summed E-state index contributed by atoms with van der Waals surface area (Å²) in [5, 5.41) is 0.788. The van der Waals surface area contributed by atoms with Crippen molar-refractivity contribution in [3.63, 3.8) is 0 Å². The van der Waals surface area contributed by atoms with E-state index in [1.54, 1.807) is 43.3 Å². The summed E-state index contributed by atoms with van der Waals surface area (Å²) < 4.78 is 33.7. The lowest BCUT2D eigenvalue weighted by molar-refractivity contribution is -0.137. The highest BCUT2D eigenvalue weighted by atomic mass is 32.2. The Labute approximate surface area is 182 Å². The molecule has 3 aromatic rings. The lowest BCUT2D eigenvalue weighted by atomic mass is 9.75. The number of carbonyl (C=O) groups is 1. The maximum Gasteiger partial charge on any atom is 0.330 e. The van der Waals surface area contributed by atoms with Crippen LogP contribution in [0.2, 0.25) is 0 Å². The van der Waals surface area contributed by atoms with Crippen LogP contribution >= 0.6 is 0 Å². The molecule has 0 radical (unpaired) electrons. The van der Waals surface area contributed by atoms with Crippen LogP contribution in [-0.4, -0.2) is 25.0 Å². The first-order valence-corrected chi connectivity index (χ1v) is 11.8. The molecule has 2 N–H and O–H groups in total. The fourth-order valence-corrected chi connectivity index (χ4v) is 5.49. The number of hydrogen-bond acceptors (Lipinski definition) is 5. The van der Waals surface area contributed by atoms with Crippen LogP contribution in [0.25, 0.3) is 17.0 Å². The molecule has 1 saturated carbocycles. The van der Waals surface area contributed by atoms with E-state index in [0.717, 1.165) is 30.2 Å². The first kappa shape index (κ1) is 21.3. The maximum absolute atomic E-state index is 13.7. The number of ether oxygens (including phenoxy) is 1. The average Bonchev–Trinajstić information content (AvgIpc) is 3.11. The monoisotopic (exact) mass is 438 g/mol. The minimum Gasteiger partial charge on any atom is -0.463 e. The Kier molecular flexibility index (Phi) is 5.49. The molecule has 162 valence electrons. The van der Waals surface area contributed by atoms with Gasteiger partial charge in [0.15, 0.2) is 0 Å². The van der Waals surface area contributed by atoms with Crippen molar-refractivity contribution >= 4 is 33.0 Å². The molecule has 0 bridgehead atoms. The van der Waals surface area contributed by atoms with Gasteiger partial charge in [0.25, 0.3) is 10.0 Å². The molecule has 0 unspecified atom stereocenters. The van der Waals surface area contributed by atoms with Gasteiger partial charge in [-0.3, -0.25) is 0 Å². The SMILES string of the molecule is CCOC(=O)C=Cc1ccc2cc(C3(N)CCC3)n(S(=O)(=O)c3ccc(C)cc3)c2c1. The van der Waals surface area contributed by atoms with Crippen molar-refractivity contribution < 1.29 is 17.9 Å². The van der Waals surface area contributed by atoms with Crippen molar-refractivity contribution in [3.05, 3.63) is 71.4 Å². The van der Waals surface area contributed by atoms with E-state index >= 15 is 0 Å². The second-order valence-corrected chi connectivity index (χ2v) is 9.81. The van der Waals surface area contributed by atoms with E-state index in [0.29, 0.717) is 23.4 Å².